The molecule has 2 aliphatic heterocycles. The van der Waals surface area contributed by atoms with Crippen molar-refractivity contribution in [1.29, 1.82) is 0 Å². The second-order valence-corrected chi connectivity index (χ2v) is 4.47. The third kappa shape index (κ3) is 0.881. The summed E-state index contributed by atoms with van der Waals surface area (Å²) in [5, 5.41) is 0.572. The van der Waals surface area contributed by atoms with Crippen molar-refractivity contribution in [2.75, 3.05) is 6.61 Å². The van der Waals surface area contributed by atoms with Crippen LogP contribution in [0.15, 0.2) is 0 Å². The van der Waals surface area contributed by atoms with Crippen LogP contribution >= 0.6 is 11.8 Å². The predicted octanol–water partition coefficient (Wildman–Crippen LogP) is 1.60. The van der Waals surface area contributed by atoms with Crippen LogP contribution in [0.25, 0.3) is 0 Å². The average molecular weight is 160 g/mol. The molecule has 0 amide bonds. The molecule has 0 aromatic carbocycles. The topological polar surface area (TPSA) is 18.5 Å². The quantitative estimate of drug-likeness (QED) is 0.536. The highest BCUT2D eigenvalue weighted by molar-refractivity contribution is 8.00. The van der Waals surface area contributed by atoms with Crippen LogP contribution in [0.2, 0.25) is 0 Å². The van der Waals surface area contributed by atoms with Gasteiger partial charge in [0.1, 0.15) is 5.44 Å². The summed E-state index contributed by atoms with van der Waals surface area (Å²) in [5.41, 5.74) is 0.315. The highest BCUT2D eigenvalue weighted by Gasteiger charge is 2.48. The lowest BCUT2D eigenvalue weighted by atomic mass is 10.2. The minimum absolute atomic E-state index is 0.260. The van der Waals surface area contributed by atoms with E-state index in [0.29, 0.717) is 10.7 Å². The molecule has 58 valence electrons. The van der Waals surface area contributed by atoms with Crippen molar-refractivity contribution in [2.24, 2.45) is 0 Å². The maximum Gasteiger partial charge on any atom is 0.178 e. The molecule has 2 aliphatic rings. The van der Waals surface area contributed by atoms with Gasteiger partial charge in [-0.25, -0.2) is 0 Å². The van der Waals surface area contributed by atoms with Crippen LogP contribution in [0, 0.1) is 0 Å². The Labute approximate surface area is 65.3 Å². The molecule has 0 N–H and O–H groups in total. The Hall–Kier alpha value is 0.270. The first-order chi connectivity index (χ1) is 4.71. The van der Waals surface area contributed by atoms with E-state index in [1.807, 2.05) is 18.7 Å². The zero-order valence-electron chi connectivity index (χ0n) is 6.29. The van der Waals surface area contributed by atoms with E-state index in [1.165, 1.54) is 0 Å². The van der Waals surface area contributed by atoms with Crippen molar-refractivity contribution in [3.8, 4) is 0 Å². The number of ether oxygens (including phenoxy) is 2. The van der Waals surface area contributed by atoms with Crippen molar-refractivity contribution < 1.29 is 9.47 Å². The molecule has 2 nitrogen and oxygen atoms in total. The Morgan fingerprint density at radius 2 is 2.40 bits per heavy atom. The fourth-order valence-electron chi connectivity index (χ4n) is 1.61. The molecule has 0 aromatic rings. The molecule has 2 fully saturated rings. The first kappa shape index (κ1) is 6.95. The number of hydrogen-bond acceptors (Lipinski definition) is 3. The second-order valence-electron chi connectivity index (χ2n) is 2.96. The van der Waals surface area contributed by atoms with Gasteiger partial charge in [-0.3, -0.25) is 0 Å². The van der Waals surface area contributed by atoms with Gasteiger partial charge in [-0.05, 0) is 20.3 Å². The summed E-state index contributed by atoms with van der Waals surface area (Å²) in [5.74, 6) is -0.260. The molecule has 2 rings (SSSR count). The van der Waals surface area contributed by atoms with Gasteiger partial charge in [0, 0.05) is 0 Å². The van der Waals surface area contributed by atoms with Gasteiger partial charge in [-0.15, -0.1) is 11.8 Å². The van der Waals surface area contributed by atoms with Gasteiger partial charge < -0.3 is 9.47 Å². The van der Waals surface area contributed by atoms with Crippen LogP contribution < -0.4 is 0 Å². The largest absolute Gasteiger partial charge is 0.349 e. The van der Waals surface area contributed by atoms with Gasteiger partial charge in [0.15, 0.2) is 5.79 Å². The molecule has 3 heteroatoms. The molecule has 0 aliphatic carbocycles. The molecule has 3 atom stereocenters. The van der Waals surface area contributed by atoms with Gasteiger partial charge in [0.25, 0.3) is 0 Å². The molecule has 0 bridgehead atoms. The smallest absolute Gasteiger partial charge is 0.178 e. The van der Waals surface area contributed by atoms with Gasteiger partial charge in [0.2, 0.25) is 0 Å². The fraction of sp³-hybridized carbons (Fsp3) is 1.00. The standard InChI is InChI=1S/C7H12O2S/c1-5-9-7(2)6(10-5)3-4-8-7/h5-6H,3-4H2,1-2H3. The third-order valence-corrected chi connectivity index (χ3v) is 3.58. The molecule has 0 spiro atoms. The zero-order chi connectivity index (χ0) is 7.19. The molecule has 0 saturated carbocycles. The van der Waals surface area contributed by atoms with Crippen molar-refractivity contribution in [3.63, 3.8) is 0 Å². The second kappa shape index (κ2) is 2.13. The summed E-state index contributed by atoms with van der Waals surface area (Å²) in [7, 11) is 0. The van der Waals surface area contributed by atoms with E-state index in [1.54, 1.807) is 0 Å². The molecule has 0 radical (unpaired) electrons. The van der Waals surface area contributed by atoms with E-state index in [2.05, 4.69) is 6.92 Å². The molecule has 10 heavy (non-hydrogen) atoms. The number of thioether (sulfide) groups is 1. The van der Waals surface area contributed by atoms with Crippen LogP contribution in [-0.4, -0.2) is 23.1 Å². The highest BCUT2D eigenvalue weighted by atomic mass is 32.2. The normalized spacial score (nSPS) is 53.4. The van der Waals surface area contributed by atoms with E-state index < -0.39 is 0 Å². The lowest BCUT2D eigenvalue weighted by Crippen LogP contribution is -2.31. The zero-order valence-corrected chi connectivity index (χ0v) is 7.11. The monoisotopic (exact) mass is 160 g/mol. The first-order valence-corrected chi connectivity index (χ1v) is 4.62. The molecule has 2 saturated heterocycles. The molecule has 2 heterocycles. The van der Waals surface area contributed by atoms with Crippen molar-refractivity contribution in [3.05, 3.63) is 0 Å². The summed E-state index contributed by atoms with van der Waals surface area (Å²) in [6.07, 6.45) is 1.14. The number of fused-ring (bicyclic) bond motifs is 1. The SMILES string of the molecule is CC1OC2(C)OCCC2S1. The van der Waals surface area contributed by atoms with Gasteiger partial charge in [0.05, 0.1) is 11.9 Å². The predicted molar refractivity (Wildman–Crippen MR) is 40.9 cm³/mol. The van der Waals surface area contributed by atoms with E-state index in [4.69, 9.17) is 9.47 Å². The maximum absolute atomic E-state index is 5.61. The van der Waals surface area contributed by atoms with Gasteiger partial charge in [-0.2, -0.15) is 0 Å². The van der Waals surface area contributed by atoms with Crippen LogP contribution in [0.1, 0.15) is 20.3 Å². The van der Waals surface area contributed by atoms with Crippen molar-refractivity contribution in [1.82, 2.24) is 0 Å². The number of rotatable bonds is 0. The molecular formula is C7H12O2S. The Morgan fingerprint density at radius 3 is 3.10 bits per heavy atom. The van der Waals surface area contributed by atoms with Crippen LogP contribution in [-0.2, 0) is 9.47 Å². The molecule has 3 unspecified atom stereocenters. The summed E-state index contributed by atoms with van der Waals surface area (Å²) in [6, 6.07) is 0. The highest BCUT2D eigenvalue weighted by Crippen LogP contribution is 2.46. The van der Waals surface area contributed by atoms with Crippen molar-refractivity contribution >= 4 is 11.8 Å². The van der Waals surface area contributed by atoms with E-state index in [0.717, 1.165) is 13.0 Å². The maximum atomic E-state index is 5.61. The molecular weight excluding hydrogens is 148 g/mol. The Kier molecular flexibility index (Phi) is 1.48. The Morgan fingerprint density at radius 1 is 1.60 bits per heavy atom. The fourth-order valence-corrected chi connectivity index (χ4v) is 2.93. The lowest BCUT2D eigenvalue weighted by molar-refractivity contribution is -0.188. The van der Waals surface area contributed by atoms with E-state index in [-0.39, 0.29) is 5.79 Å². The van der Waals surface area contributed by atoms with Crippen LogP contribution in [0.5, 0.6) is 0 Å². The van der Waals surface area contributed by atoms with Gasteiger partial charge in [-0.1, -0.05) is 0 Å². The summed E-state index contributed by atoms with van der Waals surface area (Å²) in [4.78, 5) is 0. The van der Waals surface area contributed by atoms with Crippen molar-refractivity contribution in [2.45, 2.75) is 36.7 Å². The summed E-state index contributed by atoms with van der Waals surface area (Å²) in [6.45, 7) is 4.99. The molecule has 0 aromatic heterocycles. The average Bonchev–Trinajstić information content (AvgIpc) is 2.20. The minimum Gasteiger partial charge on any atom is -0.349 e. The number of hydrogen-bond donors (Lipinski definition) is 0. The third-order valence-electron chi connectivity index (χ3n) is 2.11. The lowest BCUT2D eigenvalue weighted by Gasteiger charge is -2.20. The van der Waals surface area contributed by atoms with Crippen LogP contribution in [0.4, 0.5) is 0 Å². The van der Waals surface area contributed by atoms with Gasteiger partial charge >= 0.3 is 0 Å². The first-order valence-electron chi connectivity index (χ1n) is 3.68. The Bertz CT molecular complexity index is 151. The Balaban J connectivity index is 2.15. The summed E-state index contributed by atoms with van der Waals surface area (Å²) >= 11 is 1.89. The van der Waals surface area contributed by atoms with Crippen LogP contribution in [0.3, 0.4) is 0 Å². The van der Waals surface area contributed by atoms with E-state index in [9.17, 15) is 0 Å². The minimum atomic E-state index is -0.260. The van der Waals surface area contributed by atoms with E-state index >= 15 is 0 Å². The summed E-state index contributed by atoms with van der Waals surface area (Å²) < 4.78 is 11.1.